The number of carbonyl (C=O) groups is 1. The molecule has 0 rings (SSSR count). The number of aliphatic hydroxyl groups is 1. The standard InChI is InChI=1S/C4H5F3O3.Na.H/c5-4(6,7)1-2(8)3(9)10;;/h2,8H,1H2,(H,9,10);;. The Kier molecular flexibility index (Phi) is 6.23. The van der Waals surface area contributed by atoms with Crippen molar-refractivity contribution in [1.29, 1.82) is 0 Å². The predicted octanol–water partition coefficient (Wildman–Crippen LogP) is -0.264. The van der Waals surface area contributed by atoms with Gasteiger partial charge >= 0.3 is 41.7 Å². The van der Waals surface area contributed by atoms with Crippen LogP contribution in [0, 0.1) is 0 Å². The van der Waals surface area contributed by atoms with E-state index in [-0.39, 0.29) is 29.6 Å². The van der Waals surface area contributed by atoms with Gasteiger partial charge in [0.15, 0.2) is 6.10 Å². The van der Waals surface area contributed by atoms with Crippen LogP contribution < -0.4 is 0 Å². The summed E-state index contributed by atoms with van der Waals surface area (Å²) < 4.78 is 33.7. The molecule has 0 aliphatic heterocycles. The van der Waals surface area contributed by atoms with Crippen LogP contribution in [-0.4, -0.2) is 58.0 Å². The van der Waals surface area contributed by atoms with Gasteiger partial charge in [0.05, 0.1) is 6.42 Å². The van der Waals surface area contributed by atoms with E-state index in [1.807, 2.05) is 0 Å². The molecule has 0 aliphatic rings. The van der Waals surface area contributed by atoms with E-state index < -0.39 is 24.7 Å². The quantitative estimate of drug-likeness (QED) is 0.578. The summed E-state index contributed by atoms with van der Waals surface area (Å²) in [6, 6.07) is 0. The third-order valence-electron chi connectivity index (χ3n) is 0.710. The van der Waals surface area contributed by atoms with Crippen molar-refractivity contribution in [2.45, 2.75) is 18.7 Å². The average Bonchev–Trinajstić information content (AvgIpc) is 1.60. The number of aliphatic hydroxyl groups excluding tert-OH is 1. The molecule has 7 heteroatoms. The summed E-state index contributed by atoms with van der Waals surface area (Å²) in [5.41, 5.74) is 0. The summed E-state index contributed by atoms with van der Waals surface area (Å²) in [6.45, 7) is 0. The van der Waals surface area contributed by atoms with Crippen LogP contribution in [0.25, 0.3) is 0 Å². The Labute approximate surface area is 82.5 Å². The van der Waals surface area contributed by atoms with E-state index in [2.05, 4.69) is 0 Å². The van der Waals surface area contributed by atoms with Crippen LogP contribution in [0.15, 0.2) is 0 Å². The molecule has 0 saturated heterocycles. The van der Waals surface area contributed by atoms with Crippen LogP contribution in [0.2, 0.25) is 0 Å². The van der Waals surface area contributed by atoms with Crippen molar-refractivity contribution in [3.05, 3.63) is 0 Å². The first-order valence-electron chi connectivity index (χ1n) is 2.30. The normalized spacial score (nSPS) is 13.5. The van der Waals surface area contributed by atoms with Crippen molar-refractivity contribution < 1.29 is 28.2 Å². The topological polar surface area (TPSA) is 57.5 Å². The van der Waals surface area contributed by atoms with Gasteiger partial charge in [-0.2, -0.15) is 13.2 Å². The molecule has 0 radical (unpaired) electrons. The number of hydrogen-bond donors (Lipinski definition) is 2. The van der Waals surface area contributed by atoms with Crippen LogP contribution in [0.1, 0.15) is 6.42 Å². The number of rotatable bonds is 2. The van der Waals surface area contributed by atoms with Crippen molar-refractivity contribution in [2.24, 2.45) is 0 Å². The molecule has 0 bridgehead atoms. The van der Waals surface area contributed by atoms with Crippen molar-refractivity contribution >= 4 is 35.5 Å². The minimum absolute atomic E-state index is 0. The Morgan fingerprint density at radius 1 is 1.45 bits per heavy atom. The van der Waals surface area contributed by atoms with E-state index in [0.29, 0.717) is 0 Å². The zero-order valence-corrected chi connectivity index (χ0v) is 4.72. The fourth-order valence-electron chi connectivity index (χ4n) is 0.307. The average molecular weight is 182 g/mol. The Bertz CT molecular complexity index is 135. The SMILES string of the molecule is O=C(O)C(O)CC(F)(F)F.[NaH]. The Balaban J connectivity index is 0. The molecule has 3 nitrogen and oxygen atoms in total. The number of carboxylic acid groups (broad SMARTS) is 1. The van der Waals surface area contributed by atoms with Crippen LogP contribution in [0.4, 0.5) is 13.2 Å². The third-order valence-corrected chi connectivity index (χ3v) is 0.710. The molecular formula is C4H6F3NaO3. The van der Waals surface area contributed by atoms with Gasteiger partial charge in [0.2, 0.25) is 0 Å². The Morgan fingerprint density at radius 3 is 1.91 bits per heavy atom. The molecular weight excluding hydrogens is 176 g/mol. The van der Waals surface area contributed by atoms with Crippen LogP contribution in [0.5, 0.6) is 0 Å². The van der Waals surface area contributed by atoms with Gasteiger partial charge in [-0.25, -0.2) is 4.79 Å². The van der Waals surface area contributed by atoms with Crippen molar-refractivity contribution in [1.82, 2.24) is 0 Å². The molecule has 0 aromatic heterocycles. The van der Waals surface area contributed by atoms with Crippen LogP contribution in [-0.2, 0) is 4.79 Å². The van der Waals surface area contributed by atoms with E-state index in [9.17, 15) is 18.0 Å². The van der Waals surface area contributed by atoms with Gasteiger partial charge < -0.3 is 10.2 Å². The van der Waals surface area contributed by atoms with Gasteiger partial charge in [0, 0.05) is 0 Å². The second-order valence-corrected chi connectivity index (χ2v) is 1.67. The minimum atomic E-state index is -4.63. The summed E-state index contributed by atoms with van der Waals surface area (Å²) in [7, 11) is 0. The summed E-state index contributed by atoms with van der Waals surface area (Å²) in [6.07, 6.45) is -8.68. The summed E-state index contributed by atoms with van der Waals surface area (Å²) in [5, 5.41) is 15.9. The molecule has 0 saturated carbocycles. The molecule has 0 aromatic rings. The Hall–Kier alpha value is 0.220. The fraction of sp³-hybridized carbons (Fsp3) is 0.750. The summed E-state index contributed by atoms with van der Waals surface area (Å²) >= 11 is 0. The number of alkyl halides is 3. The van der Waals surface area contributed by atoms with Gasteiger partial charge in [-0.1, -0.05) is 0 Å². The predicted molar refractivity (Wildman–Crippen MR) is 31.5 cm³/mol. The maximum absolute atomic E-state index is 11.2. The summed E-state index contributed by atoms with van der Waals surface area (Å²) in [5.74, 6) is -1.86. The molecule has 0 heterocycles. The first-order chi connectivity index (χ1) is 4.33. The van der Waals surface area contributed by atoms with E-state index in [1.54, 1.807) is 0 Å². The zero-order valence-electron chi connectivity index (χ0n) is 4.72. The van der Waals surface area contributed by atoms with Gasteiger partial charge in [-0.05, 0) is 0 Å². The van der Waals surface area contributed by atoms with Crippen molar-refractivity contribution in [3.8, 4) is 0 Å². The molecule has 0 fully saturated rings. The van der Waals surface area contributed by atoms with Crippen molar-refractivity contribution in [3.63, 3.8) is 0 Å². The number of hydrogen-bond acceptors (Lipinski definition) is 2. The molecule has 0 amide bonds. The maximum atomic E-state index is 11.2. The molecule has 1 atom stereocenters. The Morgan fingerprint density at radius 2 is 1.82 bits per heavy atom. The number of carboxylic acids is 1. The van der Waals surface area contributed by atoms with E-state index in [0.717, 1.165) is 0 Å². The first kappa shape index (κ1) is 13.8. The fourth-order valence-corrected chi connectivity index (χ4v) is 0.307. The monoisotopic (exact) mass is 182 g/mol. The van der Waals surface area contributed by atoms with Crippen LogP contribution in [0.3, 0.4) is 0 Å². The molecule has 2 N–H and O–H groups in total. The van der Waals surface area contributed by atoms with Crippen molar-refractivity contribution in [2.75, 3.05) is 0 Å². The number of halogens is 3. The second kappa shape index (κ2) is 4.97. The molecule has 0 aromatic carbocycles. The second-order valence-electron chi connectivity index (χ2n) is 1.67. The molecule has 62 valence electrons. The van der Waals surface area contributed by atoms with Gasteiger partial charge in [0.25, 0.3) is 0 Å². The van der Waals surface area contributed by atoms with E-state index in [1.165, 1.54) is 0 Å². The van der Waals surface area contributed by atoms with Gasteiger partial charge in [-0.15, -0.1) is 0 Å². The molecule has 0 aliphatic carbocycles. The molecule has 0 spiro atoms. The third kappa shape index (κ3) is 8.12. The zero-order chi connectivity index (χ0) is 8.36. The molecule has 11 heavy (non-hydrogen) atoms. The van der Waals surface area contributed by atoms with E-state index in [4.69, 9.17) is 10.2 Å². The summed E-state index contributed by atoms with van der Waals surface area (Å²) in [4.78, 5) is 9.63. The van der Waals surface area contributed by atoms with E-state index >= 15 is 0 Å². The van der Waals surface area contributed by atoms with Gasteiger partial charge in [0.1, 0.15) is 0 Å². The first-order valence-corrected chi connectivity index (χ1v) is 2.30. The van der Waals surface area contributed by atoms with Gasteiger partial charge in [-0.3, -0.25) is 0 Å². The van der Waals surface area contributed by atoms with Crippen LogP contribution >= 0.6 is 0 Å². The number of aliphatic carboxylic acids is 1. The molecule has 1 unspecified atom stereocenters.